The Morgan fingerprint density at radius 1 is 1.33 bits per heavy atom. The van der Waals surface area contributed by atoms with Gasteiger partial charge in [0, 0.05) is 12.7 Å². The van der Waals surface area contributed by atoms with Gasteiger partial charge in [0.1, 0.15) is 11.9 Å². The molecule has 0 aliphatic carbocycles. The Morgan fingerprint density at radius 3 is 3.00 bits per heavy atom. The number of rotatable bonds is 2. The first-order valence-electron chi connectivity index (χ1n) is 6.65. The number of nitrogens with zero attached hydrogens (tertiary/aromatic N) is 4. The zero-order valence-corrected chi connectivity index (χ0v) is 11.3. The fraction of sp³-hybridized carbons (Fsp3) is 0.286. The molecular formula is C14H15N5O2. The standard InChI is InChI=1S/C14H15N5O2/c15-13-5-1-3-10(17-13)12-9-19(7-8-21-12)14(20)11-4-2-6-16-18-11/h1-6,12H,7-9H2,(H2,15,17). The van der Waals surface area contributed by atoms with E-state index in [2.05, 4.69) is 15.2 Å². The summed E-state index contributed by atoms with van der Waals surface area (Å²) in [6, 6.07) is 8.73. The molecule has 1 aliphatic rings. The summed E-state index contributed by atoms with van der Waals surface area (Å²) >= 11 is 0. The van der Waals surface area contributed by atoms with Crippen molar-refractivity contribution in [1.82, 2.24) is 20.1 Å². The van der Waals surface area contributed by atoms with Gasteiger partial charge >= 0.3 is 0 Å². The Bertz CT molecular complexity index is 634. The molecule has 2 N–H and O–H groups in total. The van der Waals surface area contributed by atoms with Gasteiger partial charge < -0.3 is 15.4 Å². The molecule has 0 bridgehead atoms. The monoisotopic (exact) mass is 285 g/mol. The SMILES string of the molecule is Nc1cccc(C2CN(C(=O)c3cccnn3)CCO2)n1. The van der Waals surface area contributed by atoms with Crippen LogP contribution in [-0.2, 0) is 4.74 Å². The lowest BCUT2D eigenvalue weighted by atomic mass is 10.1. The zero-order valence-electron chi connectivity index (χ0n) is 11.3. The number of nitrogen functional groups attached to an aromatic ring is 1. The van der Waals surface area contributed by atoms with Gasteiger partial charge in [-0.15, -0.1) is 5.10 Å². The highest BCUT2D eigenvalue weighted by Gasteiger charge is 2.27. The molecule has 1 fully saturated rings. The highest BCUT2D eigenvalue weighted by atomic mass is 16.5. The van der Waals surface area contributed by atoms with Crippen molar-refractivity contribution in [2.45, 2.75) is 6.10 Å². The molecule has 1 aliphatic heterocycles. The molecule has 3 heterocycles. The van der Waals surface area contributed by atoms with Crippen LogP contribution in [0.5, 0.6) is 0 Å². The number of morpholine rings is 1. The summed E-state index contributed by atoms with van der Waals surface area (Å²) in [6.07, 6.45) is 1.26. The third-order valence-electron chi connectivity index (χ3n) is 3.27. The fourth-order valence-corrected chi connectivity index (χ4v) is 2.24. The Hall–Kier alpha value is -2.54. The van der Waals surface area contributed by atoms with Gasteiger partial charge in [0.2, 0.25) is 0 Å². The van der Waals surface area contributed by atoms with E-state index in [9.17, 15) is 4.79 Å². The molecule has 1 unspecified atom stereocenters. The van der Waals surface area contributed by atoms with Crippen LogP contribution in [0.25, 0.3) is 0 Å². The average Bonchev–Trinajstić information content (AvgIpc) is 2.55. The number of ether oxygens (including phenoxy) is 1. The predicted molar refractivity (Wildman–Crippen MR) is 75.3 cm³/mol. The van der Waals surface area contributed by atoms with Crippen LogP contribution in [0.2, 0.25) is 0 Å². The lowest BCUT2D eigenvalue weighted by Crippen LogP contribution is -2.42. The second-order valence-corrected chi connectivity index (χ2v) is 4.71. The third kappa shape index (κ3) is 2.97. The van der Waals surface area contributed by atoms with Gasteiger partial charge in [-0.1, -0.05) is 6.07 Å². The van der Waals surface area contributed by atoms with Gasteiger partial charge in [0.25, 0.3) is 5.91 Å². The zero-order chi connectivity index (χ0) is 14.7. The minimum atomic E-state index is -0.275. The van der Waals surface area contributed by atoms with Crippen LogP contribution in [0.3, 0.4) is 0 Å². The molecule has 1 atom stereocenters. The van der Waals surface area contributed by atoms with Crippen molar-refractivity contribution >= 4 is 11.7 Å². The third-order valence-corrected chi connectivity index (χ3v) is 3.27. The van der Waals surface area contributed by atoms with Crippen LogP contribution in [-0.4, -0.2) is 45.7 Å². The number of carbonyl (C=O) groups is 1. The van der Waals surface area contributed by atoms with E-state index in [1.165, 1.54) is 6.20 Å². The number of anilines is 1. The van der Waals surface area contributed by atoms with E-state index in [0.29, 0.717) is 31.2 Å². The number of nitrogens with two attached hydrogens (primary N) is 1. The van der Waals surface area contributed by atoms with Crippen molar-refractivity contribution in [2.75, 3.05) is 25.4 Å². The largest absolute Gasteiger partial charge is 0.384 e. The molecule has 0 saturated carbocycles. The van der Waals surface area contributed by atoms with E-state index in [1.54, 1.807) is 23.1 Å². The van der Waals surface area contributed by atoms with Crippen molar-refractivity contribution in [1.29, 1.82) is 0 Å². The van der Waals surface area contributed by atoms with Crippen LogP contribution < -0.4 is 5.73 Å². The van der Waals surface area contributed by atoms with Gasteiger partial charge in [0.15, 0.2) is 5.69 Å². The van der Waals surface area contributed by atoms with E-state index in [4.69, 9.17) is 10.5 Å². The highest BCUT2D eigenvalue weighted by Crippen LogP contribution is 2.22. The summed E-state index contributed by atoms with van der Waals surface area (Å²) in [5, 5.41) is 7.58. The predicted octanol–water partition coefficient (Wildman–Crippen LogP) is 0.667. The highest BCUT2D eigenvalue weighted by molar-refractivity contribution is 5.92. The molecule has 1 amide bonds. The number of aromatic nitrogens is 3. The van der Waals surface area contributed by atoms with Crippen molar-refractivity contribution in [3.05, 3.63) is 47.9 Å². The van der Waals surface area contributed by atoms with Gasteiger partial charge in [-0.2, -0.15) is 5.10 Å². The molecule has 2 aromatic heterocycles. The number of hydrogen-bond acceptors (Lipinski definition) is 6. The Labute approximate surface area is 121 Å². The van der Waals surface area contributed by atoms with Crippen LogP contribution >= 0.6 is 0 Å². The Morgan fingerprint density at radius 2 is 2.24 bits per heavy atom. The molecule has 1 saturated heterocycles. The topological polar surface area (TPSA) is 94.2 Å². The second kappa shape index (κ2) is 5.84. The maximum Gasteiger partial charge on any atom is 0.274 e. The fourth-order valence-electron chi connectivity index (χ4n) is 2.24. The summed E-state index contributed by atoms with van der Waals surface area (Å²) < 4.78 is 5.69. The molecule has 0 radical (unpaired) electrons. The number of hydrogen-bond donors (Lipinski definition) is 1. The maximum absolute atomic E-state index is 12.4. The van der Waals surface area contributed by atoms with Gasteiger partial charge in [-0.05, 0) is 24.3 Å². The van der Waals surface area contributed by atoms with E-state index < -0.39 is 0 Å². The lowest BCUT2D eigenvalue weighted by molar-refractivity contribution is -0.0248. The molecule has 3 rings (SSSR count). The first-order valence-corrected chi connectivity index (χ1v) is 6.65. The first kappa shape index (κ1) is 13.4. The normalized spacial score (nSPS) is 18.5. The van der Waals surface area contributed by atoms with Gasteiger partial charge in [-0.25, -0.2) is 4.98 Å². The molecule has 2 aromatic rings. The van der Waals surface area contributed by atoms with Crippen LogP contribution in [0.15, 0.2) is 36.5 Å². The molecule has 108 valence electrons. The quantitative estimate of drug-likeness (QED) is 0.871. The average molecular weight is 285 g/mol. The van der Waals surface area contributed by atoms with Crippen molar-refractivity contribution < 1.29 is 9.53 Å². The van der Waals surface area contributed by atoms with Crippen molar-refractivity contribution in [2.24, 2.45) is 0 Å². The van der Waals surface area contributed by atoms with Crippen molar-refractivity contribution in [3.8, 4) is 0 Å². The summed E-state index contributed by atoms with van der Waals surface area (Å²) in [4.78, 5) is 18.3. The summed E-state index contributed by atoms with van der Waals surface area (Å²) in [6.45, 7) is 1.40. The van der Waals surface area contributed by atoms with Crippen LogP contribution in [0.4, 0.5) is 5.82 Å². The molecule has 7 heteroatoms. The molecule has 0 aromatic carbocycles. The summed E-state index contributed by atoms with van der Waals surface area (Å²) in [7, 11) is 0. The number of carbonyl (C=O) groups excluding carboxylic acids is 1. The van der Waals surface area contributed by atoms with E-state index >= 15 is 0 Å². The summed E-state index contributed by atoms with van der Waals surface area (Å²) in [5.41, 5.74) is 6.75. The number of pyridine rings is 1. The Balaban J connectivity index is 1.75. The second-order valence-electron chi connectivity index (χ2n) is 4.71. The van der Waals surface area contributed by atoms with E-state index in [1.807, 2.05) is 12.1 Å². The van der Waals surface area contributed by atoms with Crippen LogP contribution in [0, 0.1) is 0 Å². The van der Waals surface area contributed by atoms with Gasteiger partial charge in [0.05, 0.1) is 18.8 Å². The smallest absolute Gasteiger partial charge is 0.274 e. The summed E-state index contributed by atoms with van der Waals surface area (Å²) in [5.74, 6) is 0.286. The molecular weight excluding hydrogens is 270 g/mol. The minimum absolute atomic E-state index is 0.152. The molecule has 7 nitrogen and oxygen atoms in total. The first-order chi connectivity index (χ1) is 10.2. The van der Waals surface area contributed by atoms with Gasteiger partial charge in [-0.3, -0.25) is 4.79 Å². The molecule has 0 spiro atoms. The minimum Gasteiger partial charge on any atom is -0.384 e. The number of amides is 1. The Kier molecular flexibility index (Phi) is 3.74. The maximum atomic E-state index is 12.4. The lowest BCUT2D eigenvalue weighted by Gasteiger charge is -2.32. The molecule has 21 heavy (non-hydrogen) atoms. The van der Waals surface area contributed by atoms with Crippen molar-refractivity contribution in [3.63, 3.8) is 0 Å². The van der Waals surface area contributed by atoms with E-state index in [-0.39, 0.29) is 12.0 Å². The van der Waals surface area contributed by atoms with E-state index in [0.717, 1.165) is 5.69 Å². The van der Waals surface area contributed by atoms with Crippen LogP contribution in [0.1, 0.15) is 22.3 Å².